The number of amides is 2. The van der Waals surface area contributed by atoms with E-state index >= 15 is 0 Å². The third-order valence-corrected chi connectivity index (χ3v) is 5.81. The molecule has 0 radical (unpaired) electrons. The first-order valence-electron chi connectivity index (χ1n) is 9.04. The number of halogens is 1. The highest BCUT2D eigenvalue weighted by atomic mass is 19.1. The van der Waals surface area contributed by atoms with Crippen molar-refractivity contribution in [3.63, 3.8) is 0 Å². The zero-order valence-corrected chi connectivity index (χ0v) is 14.8. The summed E-state index contributed by atoms with van der Waals surface area (Å²) in [6, 6.07) is 13.6. The molecule has 2 amide bonds. The molecule has 136 valence electrons. The van der Waals surface area contributed by atoms with Crippen LogP contribution in [0, 0.1) is 24.6 Å². The number of nitrogens with zero attached hydrogens (tertiary/aromatic N) is 1. The first-order valence-corrected chi connectivity index (χ1v) is 9.04. The lowest BCUT2D eigenvalue weighted by molar-refractivity contribution is 0.0322. The van der Waals surface area contributed by atoms with Crippen molar-refractivity contribution in [2.45, 2.75) is 25.4 Å². The van der Waals surface area contributed by atoms with Crippen molar-refractivity contribution in [2.75, 3.05) is 18.4 Å². The Labute approximate surface area is 152 Å². The summed E-state index contributed by atoms with van der Waals surface area (Å²) in [5.41, 5.74) is 1.92. The molecular formula is C21H23FN2O2. The molecule has 5 heteroatoms. The van der Waals surface area contributed by atoms with E-state index in [0.29, 0.717) is 43.5 Å². The summed E-state index contributed by atoms with van der Waals surface area (Å²) in [5.74, 6) is 0.284. The fourth-order valence-electron chi connectivity index (χ4n) is 4.57. The number of aryl methyl sites for hydroxylation is 1. The van der Waals surface area contributed by atoms with Crippen molar-refractivity contribution >= 4 is 11.7 Å². The molecule has 2 fully saturated rings. The average Bonchev–Trinajstić information content (AvgIpc) is 3.13. The molecule has 4 nitrogen and oxygen atoms in total. The number of benzene rings is 2. The molecule has 26 heavy (non-hydrogen) atoms. The third kappa shape index (κ3) is 3.07. The van der Waals surface area contributed by atoms with Crippen LogP contribution in [-0.4, -0.2) is 29.1 Å². The highest BCUT2D eigenvalue weighted by molar-refractivity contribution is 5.89. The third-order valence-electron chi connectivity index (χ3n) is 5.81. The summed E-state index contributed by atoms with van der Waals surface area (Å²) in [6.07, 6.45) is 1.37. The molecule has 3 atom stereocenters. The van der Waals surface area contributed by atoms with E-state index in [0.717, 1.165) is 11.1 Å². The Hall–Kier alpha value is -2.40. The topological polar surface area (TPSA) is 52.6 Å². The molecule has 2 aliphatic rings. The molecule has 1 heterocycles. The van der Waals surface area contributed by atoms with Crippen LogP contribution >= 0.6 is 0 Å². The minimum Gasteiger partial charge on any atom is -0.385 e. The van der Waals surface area contributed by atoms with Crippen LogP contribution < -0.4 is 5.32 Å². The summed E-state index contributed by atoms with van der Waals surface area (Å²) < 4.78 is 13.0. The second-order valence-corrected chi connectivity index (χ2v) is 7.62. The maximum atomic E-state index is 13.0. The van der Waals surface area contributed by atoms with Gasteiger partial charge in [-0.3, -0.25) is 0 Å². The number of carbonyl (C=O) groups is 1. The van der Waals surface area contributed by atoms with Crippen molar-refractivity contribution in [1.29, 1.82) is 0 Å². The maximum Gasteiger partial charge on any atom is 0.321 e. The van der Waals surface area contributed by atoms with Gasteiger partial charge in [0.25, 0.3) is 0 Å². The molecule has 1 aliphatic carbocycles. The minimum absolute atomic E-state index is 0.162. The van der Waals surface area contributed by atoms with Crippen LogP contribution in [0.2, 0.25) is 0 Å². The number of rotatable bonds is 2. The van der Waals surface area contributed by atoms with Crippen LogP contribution in [0.4, 0.5) is 14.9 Å². The predicted octanol–water partition coefficient (Wildman–Crippen LogP) is 3.90. The smallest absolute Gasteiger partial charge is 0.321 e. The molecule has 2 aromatic carbocycles. The molecular weight excluding hydrogens is 331 g/mol. The first kappa shape index (κ1) is 17.0. The molecule has 0 spiro atoms. The van der Waals surface area contributed by atoms with Crippen LogP contribution in [0.1, 0.15) is 24.0 Å². The van der Waals surface area contributed by atoms with E-state index in [9.17, 15) is 14.3 Å². The lowest BCUT2D eigenvalue weighted by atomic mass is 9.87. The van der Waals surface area contributed by atoms with Gasteiger partial charge in [-0.15, -0.1) is 0 Å². The van der Waals surface area contributed by atoms with Crippen LogP contribution in [0.3, 0.4) is 0 Å². The zero-order valence-electron chi connectivity index (χ0n) is 14.8. The number of hydrogen-bond acceptors (Lipinski definition) is 2. The van der Waals surface area contributed by atoms with Gasteiger partial charge in [0, 0.05) is 18.8 Å². The van der Waals surface area contributed by atoms with E-state index in [-0.39, 0.29) is 11.8 Å². The summed E-state index contributed by atoms with van der Waals surface area (Å²) in [6.45, 7) is 3.32. The first-order chi connectivity index (χ1) is 12.4. The number of hydrogen-bond donors (Lipinski definition) is 2. The molecule has 0 bridgehead atoms. The van der Waals surface area contributed by atoms with Crippen molar-refractivity contribution < 1.29 is 14.3 Å². The van der Waals surface area contributed by atoms with Gasteiger partial charge in [-0.1, -0.05) is 24.3 Å². The van der Waals surface area contributed by atoms with Crippen LogP contribution in [0.5, 0.6) is 0 Å². The quantitative estimate of drug-likeness (QED) is 0.859. The van der Waals surface area contributed by atoms with Crippen LogP contribution in [-0.2, 0) is 5.60 Å². The predicted molar refractivity (Wildman–Crippen MR) is 98.3 cm³/mol. The number of carbonyl (C=O) groups excluding carboxylic acids is 1. The van der Waals surface area contributed by atoms with Gasteiger partial charge in [0.1, 0.15) is 5.82 Å². The summed E-state index contributed by atoms with van der Waals surface area (Å²) in [4.78, 5) is 14.3. The number of anilines is 1. The molecule has 0 unspecified atom stereocenters. The Bertz CT molecular complexity index is 807. The molecule has 2 N–H and O–H groups in total. The Morgan fingerprint density at radius 1 is 1.12 bits per heavy atom. The fraction of sp³-hybridized carbons (Fsp3) is 0.381. The van der Waals surface area contributed by atoms with Gasteiger partial charge in [-0.2, -0.15) is 0 Å². The summed E-state index contributed by atoms with van der Waals surface area (Å²) in [7, 11) is 0. The van der Waals surface area contributed by atoms with Crippen LogP contribution in [0.15, 0.2) is 48.5 Å². The Morgan fingerprint density at radius 3 is 2.35 bits per heavy atom. The lowest BCUT2D eigenvalue weighted by Gasteiger charge is -2.28. The van der Waals surface area contributed by atoms with E-state index in [1.54, 1.807) is 17.0 Å². The van der Waals surface area contributed by atoms with Gasteiger partial charge >= 0.3 is 6.03 Å². The maximum absolute atomic E-state index is 13.0. The van der Waals surface area contributed by atoms with E-state index in [4.69, 9.17) is 0 Å². The normalized spacial score (nSPS) is 27.4. The van der Waals surface area contributed by atoms with Crippen molar-refractivity contribution in [1.82, 2.24) is 4.90 Å². The van der Waals surface area contributed by atoms with E-state index in [1.807, 2.05) is 31.2 Å². The van der Waals surface area contributed by atoms with Crippen molar-refractivity contribution in [3.8, 4) is 0 Å². The lowest BCUT2D eigenvalue weighted by Crippen LogP contribution is -2.35. The Morgan fingerprint density at radius 2 is 1.73 bits per heavy atom. The molecule has 0 aromatic heterocycles. The molecule has 1 aliphatic heterocycles. The molecule has 1 saturated heterocycles. The number of nitrogens with one attached hydrogen (secondary N) is 1. The van der Waals surface area contributed by atoms with Gasteiger partial charge in [0.15, 0.2) is 0 Å². The highest BCUT2D eigenvalue weighted by Crippen LogP contribution is 2.49. The number of fused-ring (bicyclic) bond motifs is 1. The molecule has 1 saturated carbocycles. The van der Waals surface area contributed by atoms with Gasteiger partial charge in [0.05, 0.1) is 5.60 Å². The zero-order chi connectivity index (χ0) is 18.3. The van der Waals surface area contributed by atoms with Crippen LogP contribution in [0.25, 0.3) is 0 Å². The number of likely N-dealkylation sites (tertiary alicyclic amines) is 1. The number of urea groups is 1. The van der Waals surface area contributed by atoms with Gasteiger partial charge in [-0.05, 0) is 67.0 Å². The van der Waals surface area contributed by atoms with E-state index in [1.165, 1.54) is 12.1 Å². The second-order valence-electron chi connectivity index (χ2n) is 7.62. The van der Waals surface area contributed by atoms with Gasteiger partial charge in [-0.25, -0.2) is 9.18 Å². The highest BCUT2D eigenvalue weighted by Gasteiger charge is 2.50. The van der Waals surface area contributed by atoms with Gasteiger partial charge < -0.3 is 15.3 Å². The second kappa shape index (κ2) is 6.40. The Kier molecular flexibility index (Phi) is 4.19. The molecule has 2 aromatic rings. The standard InChI is InChI=1S/C21H23FN2O2/c1-14-4-2-3-5-19(14)21(26)10-15-12-24(13-16(15)11-21)20(25)23-18-8-6-17(22)7-9-18/h2-9,15-16,26H,10-13H2,1H3,(H,23,25)/t15-,16+,21-. The van der Waals surface area contributed by atoms with E-state index < -0.39 is 5.60 Å². The van der Waals surface area contributed by atoms with Crippen molar-refractivity contribution in [3.05, 3.63) is 65.5 Å². The monoisotopic (exact) mass is 354 g/mol. The summed E-state index contributed by atoms with van der Waals surface area (Å²) in [5, 5.41) is 14.0. The SMILES string of the molecule is Cc1ccccc1[C@]1(O)C[C@H]2CN(C(=O)Nc3ccc(F)cc3)C[C@H]2C1. The van der Waals surface area contributed by atoms with Gasteiger partial charge in [0.2, 0.25) is 0 Å². The minimum atomic E-state index is -0.791. The Balaban J connectivity index is 1.41. The number of aliphatic hydroxyl groups is 1. The average molecular weight is 354 g/mol. The largest absolute Gasteiger partial charge is 0.385 e. The van der Waals surface area contributed by atoms with E-state index in [2.05, 4.69) is 5.32 Å². The fourth-order valence-corrected chi connectivity index (χ4v) is 4.57. The molecule has 4 rings (SSSR count). The van der Waals surface area contributed by atoms with Crippen molar-refractivity contribution in [2.24, 2.45) is 11.8 Å². The summed E-state index contributed by atoms with van der Waals surface area (Å²) >= 11 is 0.